The number of nitrogens with one attached hydrogen (secondary N) is 2. The molecular weight excluding hydrogens is 408 g/mol. The highest BCUT2D eigenvalue weighted by atomic mass is 32.2. The van der Waals surface area contributed by atoms with Crippen LogP contribution < -0.4 is 15.5 Å². The molecule has 0 saturated carbocycles. The van der Waals surface area contributed by atoms with Crippen LogP contribution in [-0.4, -0.2) is 48.0 Å². The molecule has 0 aliphatic carbocycles. The molecule has 2 aromatic rings. The summed E-state index contributed by atoms with van der Waals surface area (Å²) in [5, 5.41) is 5.85. The molecule has 2 aromatic carbocycles. The van der Waals surface area contributed by atoms with Gasteiger partial charge in [-0.25, -0.2) is 4.79 Å². The summed E-state index contributed by atoms with van der Waals surface area (Å²) in [7, 11) is 0. The molecule has 3 amide bonds. The largest absolute Gasteiger partial charge is 0.370 e. The summed E-state index contributed by atoms with van der Waals surface area (Å²) in [6.45, 7) is 4.63. The summed E-state index contributed by atoms with van der Waals surface area (Å²) in [6, 6.07) is 16.3. The highest BCUT2D eigenvalue weighted by Gasteiger charge is 2.20. The number of hydrogen-bond donors (Lipinski definition) is 2. The molecule has 2 fully saturated rings. The van der Waals surface area contributed by atoms with Crippen LogP contribution in [0.5, 0.6) is 0 Å². The van der Waals surface area contributed by atoms with Crippen molar-refractivity contribution in [2.24, 2.45) is 0 Å². The number of amides is 3. The predicted octanol–water partition coefficient (Wildman–Crippen LogP) is 3.36. The van der Waals surface area contributed by atoms with E-state index >= 15 is 0 Å². The third-order valence-electron chi connectivity index (χ3n) is 5.75. The Morgan fingerprint density at radius 2 is 1.61 bits per heavy atom. The minimum atomic E-state index is -0.183. The molecule has 0 bridgehead atoms. The summed E-state index contributed by atoms with van der Waals surface area (Å²) in [5.74, 6) is 2.59. The van der Waals surface area contributed by atoms with E-state index in [1.165, 1.54) is 17.2 Å². The van der Waals surface area contributed by atoms with Gasteiger partial charge in [0, 0.05) is 62.9 Å². The minimum Gasteiger partial charge on any atom is -0.370 e. The number of hydrogen-bond acceptors (Lipinski definition) is 4. The maximum atomic E-state index is 12.2. The van der Waals surface area contributed by atoms with Crippen molar-refractivity contribution in [3.63, 3.8) is 0 Å². The first-order valence-electron chi connectivity index (χ1n) is 11.0. The van der Waals surface area contributed by atoms with Crippen molar-refractivity contribution in [3.8, 4) is 0 Å². The second-order valence-corrected chi connectivity index (χ2v) is 9.27. The molecule has 0 aromatic heterocycles. The Balaban J connectivity index is 1.21. The van der Waals surface area contributed by atoms with E-state index in [4.69, 9.17) is 0 Å². The van der Waals surface area contributed by atoms with Crippen LogP contribution in [0.25, 0.3) is 0 Å². The number of benzene rings is 2. The van der Waals surface area contributed by atoms with E-state index in [0.29, 0.717) is 26.1 Å². The Morgan fingerprint density at radius 1 is 0.903 bits per heavy atom. The van der Waals surface area contributed by atoms with Crippen LogP contribution in [0.4, 0.5) is 10.5 Å². The molecule has 0 unspecified atom stereocenters. The lowest BCUT2D eigenvalue weighted by atomic mass is 10.1. The van der Waals surface area contributed by atoms with Crippen molar-refractivity contribution < 1.29 is 9.59 Å². The number of likely N-dealkylation sites (tertiary alicyclic amines) is 1. The smallest absolute Gasteiger partial charge is 0.315 e. The molecule has 2 N–H and O–H groups in total. The standard InChI is InChI=1S/C24H30N4O2S/c29-23-5-2-10-28(23)18-21-4-1-3-20(15-21)17-26-24(30)25-16-19-6-8-22(9-7-19)27-11-13-31-14-12-27/h1,3-4,6-9,15H,2,5,10-14,16-18H2,(H2,25,26,30). The van der Waals surface area contributed by atoms with Gasteiger partial charge in [-0.3, -0.25) is 4.79 Å². The first-order valence-corrected chi connectivity index (χ1v) is 12.1. The van der Waals surface area contributed by atoms with E-state index in [1.54, 1.807) is 0 Å². The molecule has 4 rings (SSSR count). The molecular formula is C24H30N4O2S. The fraction of sp³-hybridized carbons (Fsp3) is 0.417. The molecule has 0 spiro atoms. The van der Waals surface area contributed by atoms with Crippen LogP contribution in [0.2, 0.25) is 0 Å². The van der Waals surface area contributed by atoms with Gasteiger partial charge in [0.2, 0.25) is 5.91 Å². The molecule has 2 heterocycles. The van der Waals surface area contributed by atoms with E-state index in [1.807, 2.05) is 34.9 Å². The summed E-state index contributed by atoms with van der Waals surface area (Å²) < 4.78 is 0. The lowest BCUT2D eigenvalue weighted by Crippen LogP contribution is -2.34. The summed E-state index contributed by atoms with van der Waals surface area (Å²) in [6.07, 6.45) is 1.60. The Morgan fingerprint density at radius 3 is 2.32 bits per heavy atom. The highest BCUT2D eigenvalue weighted by molar-refractivity contribution is 7.99. The molecule has 2 aliphatic rings. The fourth-order valence-corrected chi connectivity index (χ4v) is 4.91. The zero-order chi connectivity index (χ0) is 21.5. The molecule has 2 aliphatic heterocycles. The van der Waals surface area contributed by atoms with Crippen LogP contribution in [-0.2, 0) is 24.4 Å². The number of carbonyl (C=O) groups is 2. The van der Waals surface area contributed by atoms with E-state index in [2.05, 4.69) is 45.9 Å². The van der Waals surface area contributed by atoms with Gasteiger partial charge in [0.1, 0.15) is 0 Å². The zero-order valence-electron chi connectivity index (χ0n) is 17.8. The second kappa shape index (κ2) is 10.6. The topological polar surface area (TPSA) is 64.7 Å². The van der Waals surface area contributed by atoms with Crippen LogP contribution in [0, 0.1) is 0 Å². The van der Waals surface area contributed by atoms with Gasteiger partial charge in [-0.1, -0.05) is 36.4 Å². The van der Waals surface area contributed by atoms with E-state index < -0.39 is 0 Å². The quantitative estimate of drug-likeness (QED) is 0.696. The van der Waals surface area contributed by atoms with E-state index in [0.717, 1.165) is 42.7 Å². The maximum Gasteiger partial charge on any atom is 0.315 e. The molecule has 31 heavy (non-hydrogen) atoms. The van der Waals surface area contributed by atoms with E-state index in [-0.39, 0.29) is 11.9 Å². The van der Waals surface area contributed by atoms with Gasteiger partial charge >= 0.3 is 6.03 Å². The molecule has 6 nitrogen and oxygen atoms in total. The Labute approximate surface area is 188 Å². The minimum absolute atomic E-state index is 0.183. The van der Waals surface area contributed by atoms with Gasteiger partial charge in [-0.05, 0) is 35.2 Å². The number of rotatable bonds is 7. The summed E-state index contributed by atoms with van der Waals surface area (Å²) in [4.78, 5) is 28.4. The van der Waals surface area contributed by atoms with Gasteiger partial charge in [0.15, 0.2) is 0 Å². The molecule has 2 saturated heterocycles. The third-order valence-corrected chi connectivity index (χ3v) is 6.70. The highest BCUT2D eigenvalue weighted by Crippen LogP contribution is 2.20. The van der Waals surface area contributed by atoms with Crippen molar-refractivity contribution in [1.82, 2.24) is 15.5 Å². The maximum absolute atomic E-state index is 12.2. The lowest BCUT2D eigenvalue weighted by Gasteiger charge is -2.28. The molecule has 0 atom stereocenters. The Kier molecular flexibility index (Phi) is 7.35. The number of thioether (sulfide) groups is 1. The van der Waals surface area contributed by atoms with Gasteiger partial charge in [-0.2, -0.15) is 11.8 Å². The first-order chi connectivity index (χ1) is 15.2. The fourth-order valence-electron chi connectivity index (χ4n) is 4.00. The van der Waals surface area contributed by atoms with Crippen LogP contribution in [0.15, 0.2) is 48.5 Å². The van der Waals surface area contributed by atoms with Crippen molar-refractivity contribution in [1.29, 1.82) is 0 Å². The number of nitrogens with zero attached hydrogens (tertiary/aromatic N) is 2. The molecule has 0 radical (unpaired) electrons. The average molecular weight is 439 g/mol. The lowest BCUT2D eigenvalue weighted by molar-refractivity contribution is -0.128. The zero-order valence-corrected chi connectivity index (χ0v) is 18.6. The van der Waals surface area contributed by atoms with E-state index in [9.17, 15) is 9.59 Å². The monoisotopic (exact) mass is 438 g/mol. The van der Waals surface area contributed by atoms with Gasteiger partial charge in [0.05, 0.1) is 0 Å². The van der Waals surface area contributed by atoms with Crippen molar-refractivity contribution in [2.45, 2.75) is 32.5 Å². The van der Waals surface area contributed by atoms with Crippen LogP contribution in [0.3, 0.4) is 0 Å². The SMILES string of the molecule is O=C(NCc1ccc(N2CCSCC2)cc1)NCc1cccc(CN2CCCC2=O)c1. The van der Waals surface area contributed by atoms with Crippen molar-refractivity contribution >= 4 is 29.4 Å². The summed E-state index contributed by atoms with van der Waals surface area (Å²) >= 11 is 2.01. The molecule has 7 heteroatoms. The van der Waals surface area contributed by atoms with Gasteiger partial charge in [-0.15, -0.1) is 0 Å². The van der Waals surface area contributed by atoms with Crippen LogP contribution >= 0.6 is 11.8 Å². The average Bonchev–Trinajstić information content (AvgIpc) is 3.21. The first kappa shape index (κ1) is 21.6. The van der Waals surface area contributed by atoms with Gasteiger partial charge < -0.3 is 20.4 Å². The van der Waals surface area contributed by atoms with Crippen molar-refractivity contribution in [3.05, 3.63) is 65.2 Å². The Hall–Kier alpha value is -2.67. The third kappa shape index (κ3) is 6.17. The van der Waals surface area contributed by atoms with Gasteiger partial charge in [0.25, 0.3) is 0 Å². The predicted molar refractivity (Wildman–Crippen MR) is 126 cm³/mol. The molecule has 164 valence electrons. The Bertz CT molecular complexity index is 897. The number of urea groups is 1. The second-order valence-electron chi connectivity index (χ2n) is 8.04. The van der Waals surface area contributed by atoms with Crippen molar-refractivity contribution in [2.75, 3.05) is 36.0 Å². The van der Waals surface area contributed by atoms with Crippen LogP contribution in [0.1, 0.15) is 29.5 Å². The normalized spacial score (nSPS) is 16.5. The summed E-state index contributed by atoms with van der Waals surface area (Å²) in [5.41, 5.74) is 4.47. The number of anilines is 1. The number of carbonyl (C=O) groups excluding carboxylic acids is 2.